The summed E-state index contributed by atoms with van der Waals surface area (Å²) in [7, 11) is -2.77. The van der Waals surface area contributed by atoms with Gasteiger partial charge < -0.3 is 10.6 Å². The summed E-state index contributed by atoms with van der Waals surface area (Å²) >= 11 is 0. The van der Waals surface area contributed by atoms with Crippen LogP contribution in [0.1, 0.15) is 18.4 Å². The molecule has 10 heteroatoms. The Kier molecular flexibility index (Phi) is 5.94. The molecule has 0 spiro atoms. The highest BCUT2D eigenvalue weighted by molar-refractivity contribution is 7.89. The van der Waals surface area contributed by atoms with Crippen LogP contribution in [0.4, 0.5) is 20.2 Å². The average Bonchev–Trinajstić information content (AvgIpc) is 2.83. The van der Waals surface area contributed by atoms with Crippen molar-refractivity contribution in [1.82, 2.24) is 4.31 Å². The van der Waals surface area contributed by atoms with Gasteiger partial charge in [0, 0.05) is 25.2 Å². The summed E-state index contributed by atoms with van der Waals surface area (Å²) < 4.78 is 53.0. The Balaban J connectivity index is 1.74. The highest BCUT2D eigenvalue weighted by atomic mass is 32.2. The topological polar surface area (TPSA) is 95.6 Å². The highest BCUT2D eigenvalue weighted by Gasteiger charge is 2.25. The van der Waals surface area contributed by atoms with E-state index in [2.05, 4.69) is 10.6 Å². The molecule has 0 atom stereocenters. The van der Waals surface area contributed by atoms with E-state index >= 15 is 0 Å². The van der Waals surface area contributed by atoms with Crippen molar-refractivity contribution in [3.8, 4) is 0 Å². The first-order valence-electron chi connectivity index (χ1n) is 8.81. The van der Waals surface area contributed by atoms with Crippen LogP contribution in [0.15, 0.2) is 41.3 Å². The molecular weight excluding hydrogens is 404 g/mol. The van der Waals surface area contributed by atoms with Gasteiger partial charge in [-0.15, -0.1) is 0 Å². The molecule has 154 valence electrons. The minimum absolute atomic E-state index is 0.0179. The van der Waals surface area contributed by atoms with Crippen LogP contribution < -0.4 is 10.6 Å². The molecule has 0 unspecified atom stereocenters. The fourth-order valence-electron chi connectivity index (χ4n) is 2.96. The zero-order valence-corrected chi connectivity index (χ0v) is 16.4. The molecule has 2 aromatic carbocycles. The zero-order chi connectivity index (χ0) is 21.2. The van der Waals surface area contributed by atoms with E-state index in [0.29, 0.717) is 36.6 Å². The zero-order valence-electron chi connectivity index (χ0n) is 15.5. The molecule has 7 nitrogen and oxygen atoms in total. The molecule has 0 radical (unpaired) electrons. The van der Waals surface area contributed by atoms with Gasteiger partial charge in [-0.05, 0) is 48.7 Å². The summed E-state index contributed by atoms with van der Waals surface area (Å²) in [5.74, 6) is -2.65. The van der Waals surface area contributed by atoms with E-state index in [-0.39, 0.29) is 16.5 Å². The molecule has 0 saturated heterocycles. The second kappa shape index (κ2) is 8.26. The maximum atomic E-state index is 13.7. The SMILES string of the molecule is CN(CC(=O)Nc1ccc(F)cc1F)S(=O)(=O)c1ccc2c(c1)CCCC(=O)N2. The summed E-state index contributed by atoms with van der Waals surface area (Å²) in [6, 6.07) is 7.00. The van der Waals surface area contributed by atoms with Crippen molar-refractivity contribution in [3.05, 3.63) is 53.6 Å². The number of hydrogen-bond acceptors (Lipinski definition) is 4. The van der Waals surface area contributed by atoms with E-state index in [1.54, 1.807) is 0 Å². The van der Waals surface area contributed by atoms with Crippen LogP contribution in [0, 0.1) is 11.6 Å². The normalized spacial score (nSPS) is 14.1. The van der Waals surface area contributed by atoms with Crippen LogP contribution >= 0.6 is 0 Å². The highest BCUT2D eigenvalue weighted by Crippen LogP contribution is 2.26. The predicted molar refractivity (Wildman–Crippen MR) is 103 cm³/mol. The molecule has 0 bridgehead atoms. The Hall–Kier alpha value is -2.85. The summed E-state index contributed by atoms with van der Waals surface area (Å²) in [6.07, 6.45) is 1.51. The molecule has 1 aliphatic heterocycles. The van der Waals surface area contributed by atoms with Gasteiger partial charge in [-0.2, -0.15) is 4.31 Å². The van der Waals surface area contributed by atoms with E-state index in [0.717, 1.165) is 16.4 Å². The van der Waals surface area contributed by atoms with E-state index in [4.69, 9.17) is 0 Å². The third kappa shape index (κ3) is 4.77. The summed E-state index contributed by atoms with van der Waals surface area (Å²) in [6.45, 7) is -0.563. The van der Waals surface area contributed by atoms with Gasteiger partial charge in [0.15, 0.2) is 0 Å². The first kappa shape index (κ1) is 20.9. The van der Waals surface area contributed by atoms with Crippen molar-refractivity contribution < 1.29 is 26.8 Å². The molecule has 2 amide bonds. The van der Waals surface area contributed by atoms with Gasteiger partial charge in [-0.25, -0.2) is 17.2 Å². The third-order valence-electron chi connectivity index (χ3n) is 4.48. The number of likely N-dealkylation sites (N-methyl/N-ethyl adjacent to an activating group) is 1. The van der Waals surface area contributed by atoms with Crippen LogP contribution in [0.3, 0.4) is 0 Å². The standard InChI is InChI=1S/C19H19F2N3O4S/c1-24(11-19(26)23-17-7-5-13(20)10-15(17)21)29(27,28)14-6-8-16-12(9-14)3-2-4-18(25)22-16/h5-10H,2-4,11H2,1H3,(H,22,25)(H,23,26). The Labute approximate surface area is 166 Å². The number of sulfonamides is 1. The number of nitrogens with zero attached hydrogens (tertiary/aromatic N) is 1. The first-order valence-corrected chi connectivity index (χ1v) is 10.2. The molecule has 1 aliphatic rings. The molecule has 2 N–H and O–H groups in total. The van der Waals surface area contributed by atoms with Crippen molar-refractivity contribution in [3.63, 3.8) is 0 Å². The van der Waals surface area contributed by atoms with Gasteiger partial charge in [-0.1, -0.05) is 0 Å². The number of halogens is 2. The third-order valence-corrected chi connectivity index (χ3v) is 6.28. The van der Waals surface area contributed by atoms with E-state index in [1.165, 1.54) is 25.2 Å². The Morgan fingerprint density at radius 1 is 1.17 bits per heavy atom. The Bertz CT molecular complexity index is 1070. The smallest absolute Gasteiger partial charge is 0.243 e. The fourth-order valence-corrected chi connectivity index (χ4v) is 4.14. The molecule has 3 rings (SSSR count). The number of carbonyl (C=O) groups is 2. The van der Waals surface area contributed by atoms with Crippen molar-refractivity contribution in [2.24, 2.45) is 0 Å². The molecule has 29 heavy (non-hydrogen) atoms. The van der Waals surface area contributed by atoms with E-state index < -0.39 is 34.1 Å². The minimum atomic E-state index is -4.00. The lowest BCUT2D eigenvalue weighted by Crippen LogP contribution is -2.35. The van der Waals surface area contributed by atoms with Crippen molar-refractivity contribution in [2.75, 3.05) is 24.2 Å². The second-order valence-electron chi connectivity index (χ2n) is 6.65. The van der Waals surface area contributed by atoms with Crippen molar-refractivity contribution >= 4 is 33.2 Å². The van der Waals surface area contributed by atoms with E-state index in [9.17, 15) is 26.8 Å². The number of nitrogens with one attached hydrogen (secondary N) is 2. The number of amides is 2. The minimum Gasteiger partial charge on any atom is -0.326 e. The van der Waals surface area contributed by atoms with Crippen LogP contribution in [0.2, 0.25) is 0 Å². The molecule has 0 fully saturated rings. The number of benzene rings is 2. The second-order valence-corrected chi connectivity index (χ2v) is 8.70. The van der Waals surface area contributed by atoms with Gasteiger partial charge in [-0.3, -0.25) is 9.59 Å². The summed E-state index contributed by atoms with van der Waals surface area (Å²) in [5, 5.41) is 4.95. The number of carbonyl (C=O) groups excluding carboxylic acids is 2. The van der Waals surface area contributed by atoms with Crippen molar-refractivity contribution in [1.29, 1.82) is 0 Å². The lowest BCUT2D eigenvalue weighted by Gasteiger charge is -2.18. The van der Waals surface area contributed by atoms with Gasteiger partial charge in [0.2, 0.25) is 21.8 Å². The molecule has 2 aromatic rings. The van der Waals surface area contributed by atoms with E-state index in [1.807, 2.05) is 0 Å². The lowest BCUT2D eigenvalue weighted by molar-refractivity contribution is -0.117. The molecule has 0 aliphatic carbocycles. The Morgan fingerprint density at radius 3 is 2.66 bits per heavy atom. The molecule has 0 aromatic heterocycles. The fraction of sp³-hybridized carbons (Fsp3) is 0.263. The quantitative estimate of drug-likeness (QED) is 0.773. The molecular formula is C19H19F2N3O4S. The number of aryl methyl sites for hydroxylation is 1. The number of hydrogen-bond donors (Lipinski definition) is 2. The molecule has 1 heterocycles. The maximum Gasteiger partial charge on any atom is 0.243 e. The monoisotopic (exact) mass is 423 g/mol. The van der Waals surface area contributed by atoms with Gasteiger partial charge in [0.25, 0.3) is 0 Å². The van der Waals surface area contributed by atoms with Gasteiger partial charge in [0.1, 0.15) is 11.6 Å². The number of anilines is 2. The number of rotatable bonds is 5. The van der Waals surface area contributed by atoms with Crippen LogP contribution in [0.5, 0.6) is 0 Å². The Morgan fingerprint density at radius 2 is 1.93 bits per heavy atom. The lowest BCUT2D eigenvalue weighted by atomic mass is 10.1. The summed E-state index contributed by atoms with van der Waals surface area (Å²) in [4.78, 5) is 23.7. The first-order chi connectivity index (χ1) is 13.7. The van der Waals surface area contributed by atoms with Crippen LogP contribution in [-0.2, 0) is 26.0 Å². The van der Waals surface area contributed by atoms with Crippen LogP contribution in [0.25, 0.3) is 0 Å². The molecule has 0 saturated carbocycles. The maximum absolute atomic E-state index is 13.7. The van der Waals surface area contributed by atoms with Gasteiger partial charge >= 0.3 is 0 Å². The van der Waals surface area contributed by atoms with Crippen molar-refractivity contribution in [2.45, 2.75) is 24.2 Å². The largest absolute Gasteiger partial charge is 0.326 e. The summed E-state index contributed by atoms with van der Waals surface area (Å²) in [5.41, 5.74) is 1.02. The van der Waals surface area contributed by atoms with Crippen LogP contribution in [-0.4, -0.2) is 38.1 Å². The van der Waals surface area contributed by atoms with Gasteiger partial charge in [0.05, 0.1) is 17.1 Å². The average molecular weight is 423 g/mol. The predicted octanol–water partition coefficient (Wildman–Crippen LogP) is 2.50. The number of fused-ring (bicyclic) bond motifs is 1.